The Hall–Kier alpha value is 0.840. The van der Waals surface area contributed by atoms with Gasteiger partial charge in [-0.1, -0.05) is 85.9 Å². The first kappa shape index (κ1) is 17.2. The molecule has 2 rings (SSSR count). The van der Waals surface area contributed by atoms with Gasteiger partial charge in [0.25, 0.3) is 0 Å². The Balaban J connectivity index is 2.43. The van der Waals surface area contributed by atoms with Gasteiger partial charge in [-0.05, 0) is 24.7 Å². The number of hydrogen-bond donors (Lipinski definition) is 2. The molecule has 2 aliphatic rings. The highest BCUT2D eigenvalue weighted by Gasteiger charge is 2.56. The summed E-state index contributed by atoms with van der Waals surface area (Å²) in [7, 11) is 0. The van der Waals surface area contributed by atoms with Gasteiger partial charge in [0, 0.05) is 10.2 Å². The zero-order chi connectivity index (χ0) is 15.3. The predicted octanol–water partition coefficient (Wildman–Crippen LogP) is 4.28. The molecule has 0 saturated heterocycles. The maximum absolute atomic E-state index is 10.6. The van der Waals surface area contributed by atoms with Gasteiger partial charge in [0.1, 0.15) is 9.34 Å². The molecule has 2 aliphatic carbocycles. The summed E-state index contributed by atoms with van der Waals surface area (Å²) < 4.78 is -0.165. The van der Waals surface area contributed by atoms with E-state index in [4.69, 9.17) is 0 Å². The van der Waals surface area contributed by atoms with Crippen LogP contribution in [0.25, 0.3) is 0 Å². The Morgan fingerprint density at radius 1 is 1.30 bits per heavy atom. The number of hydrogen-bond acceptors (Lipinski definition) is 2. The van der Waals surface area contributed by atoms with Crippen LogP contribution in [0.15, 0.2) is 24.3 Å². The van der Waals surface area contributed by atoms with Crippen LogP contribution in [-0.2, 0) is 0 Å². The summed E-state index contributed by atoms with van der Waals surface area (Å²) in [5.41, 5.74) is -0.154. The fourth-order valence-corrected chi connectivity index (χ4v) is 4.94. The molecule has 0 radical (unpaired) electrons. The minimum absolute atomic E-state index is 0.0140. The molecule has 0 aromatic rings. The van der Waals surface area contributed by atoms with Gasteiger partial charge in [-0.3, -0.25) is 0 Å². The van der Waals surface area contributed by atoms with E-state index in [9.17, 15) is 10.2 Å². The molecule has 1 saturated carbocycles. The van der Waals surface area contributed by atoms with Crippen LogP contribution in [-0.4, -0.2) is 30.5 Å². The molecule has 2 nitrogen and oxygen atoms in total. The van der Waals surface area contributed by atoms with Crippen LogP contribution in [0.5, 0.6) is 0 Å². The summed E-state index contributed by atoms with van der Waals surface area (Å²) in [5.74, 6) is 0. The zero-order valence-corrected chi connectivity index (χ0v) is 16.5. The predicted molar refractivity (Wildman–Crippen MR) is 93.7 cm³/mol. The van der Waals surface area contributed by atoms with Crippen molar-refractivity contribution in [3.05, 3.63) is 24.3 Å². The molecule has 0 aromatic heterocycles. The van der Waals surface area contributed by atoms with Crippen molar-refractivity contribution in [1.29, 1.82) is 0 Å². The number of alkyl halides is 3. The largest absolute Gasteiger partial charge is 0.392 e. The Morgan fingerprint density at radius 2 is 1.90 bits per heavy atom. The fourth-order valence-electron chi connectivity index (χ4n) is 3.58. The van der Waals surface area contributed by atoms with Gasteiger partial charge in [0.2, 0.25) is 0 Å². The Kier molecular flexibility index (Phi) is 4.71. The third-order valence-corrected chi connectivity index (χ3v) is 8.56. The molecular weight excluding hydrogens is 452 g/mol. The van der Waals surface area contributed by atoms with E-state index in [1.807, 2.05) is 6.08 Å². The summed E-state index contributed by atoms with van der Waals surface area (Å²) in [6, 6.07) is 0. The smallest absolute Gasteiger partial charge is 0.105 e. The zero-order valence-electron chi connectivity index (χ0n) is 11.7. The molecule has 4 atom stereocenters. The molecule has 1 fully saturated rings. The second-order valence-corrected chi connectivity index (χ2v) is 10.6. The van der Waals surface area contributed by atoms with Crippen molar-refractivity contribution >= 4 is 47.8 Å². The Morgan fingerprint density at radius 3 is 2.35 bits per heavy atom. The lowest BCUT2D eigenvalue weighted by molar-refractivity contribution is 0.00235. The lowest BCUT2D eigenvalue weighted by Gasteiger charge is -2.57. The van der Waals surface area contributed by atoms with Crippen LogP contribution in [0, 0.1) is 10.8 Å². The van der Waals surface area contributed by atoms with Crippen molar-refractivity contribution in [2.75, 3.05) is 0 Å². The van der Waals surface area contributed by atoms with Crippen LogP contribution in [0.1, 0.15) is 33.1 Å². The fraction of sp³-hybridized carbons (Fsp3) is 0.733. The normalized spacial score (nSPS) is 44.3. The van der Waals surface area contributed by atoms with Gasteiger partial charge in [-0.25, -0.2) is 0 Å². The van der Waals surface area contributed by atoms with Crippen molar-refractivity contribution in [2.45, 2.75) is 53.4 Å². The quantitative estimate of drug-likeness (QED) is 0.441. The van der Waals surface area contributed by atoms with E-state index in [2.05, 4.69) is 74.3 Å². The molecule has 20 heavy (non-hydrogen) atoms. The summed E-state index contributed by atoms with van der Waals surface area (Å²) >= 11 is 10.5. The molecule has 114 valence electrons. The lowest BCUT2D eigenvalue weighted by atomic mass is 9.51. The molecule has 1 spiro atoms. The maximum atomic E-state index is 10.6. The van der Waals surface area contributed by atoms with Crippen LogP contribution in [0.3, 0.4) is 0 Å². The monoisotopic (exact) mass is 470 g/mol. The third kappa shape index (κ3) is 2.41. The third-order valence-electron chi connectivity index (χ3n) is 5.22. The van der Waals surface area contributed by atoms with Gasteiger partial charge in [0.15, 0.2) is 0 Å². The summed E-state index contributed by atoms with van der Waals surface area (Å²) in [6.45, 7) is 8.55. The first-order chi connectivity index (χ1) is 9.07. The highest BCUT2D eigenvalue weighted by molar-refractivity contribution is 9.24. The van der Waals surface area contributed by atoms with Crippen molar-refractivity contribution in [3.8, 4) is 0 Å². The van der Waals surface area contributed by atoms with E-state index < -0.39 is 11.7 Å². The van der Waals surface area contributed by atoms with Crippen molar-refractivity contribution in [3.63, 3.8) is 0 Å². The van der Waals surface area contributed by atoms with E-state index in [1.165, 1.54) is 0 Å². The summed E-state index contributed by atoms with van der Waals surface area (Å²) in [5, 5.41) is 20.8. The molecule has 2 N–H and O–H groups in total. The van der Waals surface area contributed by atoms with E-state index in [0.29, 0.717) is 12.8 Å². The average molecular weight is 473 g/mol. The Labute approximate surface area is 146 Å². The van der Waals surface area contributed by atoms with Gasteiger partial charge < -0.3 is 10.2 Å². The molecule has 1 unspecified atom stereocenters. The Bertz CT molecular complexity index is 446. The SMILES string of the molecule is C=C1C[C@@H](O)[C@@H](Br)C(C)(C)[C@@]12C=CC(O)(C(Br)Br)CC2. The first-order valence-corrected chi connectivity index (χ1v) is 9.53. The van der Waals surface area contributed by atoms with Crippen molar-refractivity contribution in [1.82, 2.24) is 0 Å². The lowest BCUT2D eigenvalue weighted by Crippen LogP contribution is -2.55. The number of allylic oxidation sites excluding steroid dienone is 1. The molecule has 0 amide bonds. The van der Waals surface area contributed by atoms with E-state index in [-0.39, 0.29) is 19.4 Å². The van der Waals surface area contributed by atoms with Gasteiger partial charge in [0.05, 0.1) is 6.10 Å². The topological polar surface area (TPSA) is 40.5 Å². The van der Waals surface area contributed by atoms with E-state index in [1.54, 1.807) is 0 Å². The van der Waals surface area contributed by atoms with Crippen molar-refractivity contribution < 1.29 is 10.2 Å². The molecule has 0 bridgehead atoms. The maximum Gasteiger partial charge on any atom is 0.105 e. The summed E-state index contributed by atoms with van der Waals surface area (Å²) in [4.78, 5) is 0.0140. The number of halogens is 3. The van der Waals surface area contributed by atoms with Crippen LogP contribution in [0.2, 0.25) is 0 Å². The van der Waals surface area contributed by atoms with Gasteiger partial charge in [-0.2, -0.15) is 0 Å². The molecule has 0 heterocycles. The summed E-state index contributed by atoms with van der Waals surface area (Å²) in [6.07, 6.45) is 5.67. The number of aliphatic hydroxyl groups is 2. The highest BCUT2D eigenvalue weighted by Crippen LogP contribution is 2.60. The second-order valence-electron chi connectivity index (χ2n) is 6.60. The first-order valence-electron chi connectivity index (χ1n) is 6.78. The molecule has 0 aliphatic heterocycles. The van der Waals surface area contributed by atoms with Crippen molar-refractivity contribution in [2.24, 2.45) is 10.8 Å². The van der Waals surface area contributed by atoms with Crippen LogP contribution < -0.4 is 0 Å². The van der Waals surface area contributed by atoms with Gasteiger partial charge in [-0.15, -0.1) is 0 Å². The van der Waals surface area contributed by atoms with E-state index >= 15 is 0 Å². The standard InChI is InChI=1S/C15H21Br3O2/c1-9-8-10(19)11(16)13(2,3)14(9)4-6-15(20,7-5-14)12(17)18/h4,6,10-12,19-20H,1,5,7-8H2,2-3H3/t10-,11-,14-,15?/m1/s1. The van der Waals surface area contributed by atoms with E-state index in [0.717, 1.165) is 12.0 Å². The van der Waals surface area contributed by atoms with Crippen LogP contribution >= 0.6 is 47.8 Å². The minimum atomic E-state index is -0.876. The molecule has 0 aromatic carbocycles. The molecule has 5 heteroatoms. The number of rotatable bonds is 1. The average Bonchev–Trinajstić information content (AvgIpc) is 2.36. The minimum Gasteiger partial charge on any atom is -0.392 e. The van der Waals surface area contributed by atoms with Gasteiger partial charge >= 0.3 is 0 Å². The highest BCUT2D eigenvalue weighted by atomic mass is 79.9. The number of aliphatic hydroxyl groups excluding tert-OH is 1. The second kappa shape index (κ2) is 5.48. The van der Waals surface area contributed by atoms with Crippen LogP contribution in [0.4, 0.5) is 0 Å². The molecular formula is C15H21Br3O2.